The first-order valence-corrected chi connectivity index (χ1v) is 7.92. The van der Waals surface area contributed by atoms with Gasteiger partial charge in [-0.25, -0.2) is 14.4 Å². The van der Waals surface area contributed by atoms with E-state index in [4.69, 9.17) is 35.7 Å². The van der Waals surface area contributed by atoms with Crippen LogP contribution in [-0.4, -0.2) is 77.5 Å². The van der Waals surface area contributed by atoms with Crippen molar-refractivity contribution < 1.29 is 69.3 Å². The molecule has 1 unspecified atom stereocenters. The Balaban J connectivity index is 0.000000581. The number of aliphatic carboxylic acids is 4. The van der Waals surface area contributed by atoms with Crippen LogP contribution in [0, 0.1) is 11.3 Å². The zero-order chi connectivity index (χ0) is 24.7. The fraction of sp³-hybridized carbons (Fsp3) is 0.235. The third kappa shape index (κ3) is 5.75. The second-order valence-corrected chi connectivity index (χ2v) is 5.74. The molecule has 0 heterocycles. The molecular weight excluding hydrogens is 428 g/mol. The topological polar surface area (TPSA) is 261 Å². The highest BCUT2D eigenvalue weighted by atomic mass is 16.4. The standard InChI is InChI=1S/C9H6O6.C8H10O8/c10-7(11)4-1-5(8(12)13)3-6(2-4)9(14)15;1-2-3(4(9)10)8(5(11)12,6(13)14)7(15)16/h1-3H,(H,10,11)(H,12,13)(H,14,15);3H,2H2,1H3,(H,9,10)(H,11,12)(H,13,14)(H,15,16). The number of benzene rings is 1. The molecule has 0 amide bonds. The van der Waals surface area contributed by atoms with E-state index >= 15 is 0 Å². The van der Waals surface area contributed by atoms with Gasteiger partial charge in [0.15, 0.2) is 0 Å². The van der Waals surface area contributed by atoms with Gasteiger partial charge in [-0.3, -0.25) is 19.2 Å². The maximum atomic E-state index is 10.8. The molecule has 0 saturated heterocycles. The third-order valence-corrected chi connectivity index (χ3v) is 3.91. The Morgan fingerprint density at radius 2 is 0.903 bits per heavy atom. The van der Waals surface area contributed by atoms with Crippen molar-refractivity contribution in [1.82, 2.24) is 0 Å². The molecule has 1 aromatic carbocycles. The highest BCUT2D eigenvalue weighted by Crippen LogP contribution is 2.32. The van der Waals surface area contributed by atoms with Crippen molar-refractivity contribution in [3.63, 3.8) is 0 Å². The average molecular weight is 444 g/mol. The molecule has 1 aromatic rings. The van der Waals surface area contributed by atoms with Crippen LogP contribution >= 0.6 is 0 Å². The molecule has 0 spiro atoms. The van der Waals surface area contributed by atoms with Crippen molar-refractivity contribution in [2.45, 2.75) is 13.3 Å². The molecule has 0 fully saturated rings. The summed E-state index contributed by atoms with van der Waals surface area (Å²) in [6, 6.07) is 2.70. The first-order chi connectivity index (χ1) is 14.1. The molecule has 168 valence electrons. The SMILES string of the molecule is CCC(C(=O)O)C(C(=O)O)(C(=O)O)C(=O)O.O=C(O)c1cc(C(=O)O)cc(C(=O)O)c1. The van der Waals surface area contributed by atoms with E-state index in [2.05, 4.69) is 0 Å². The molecule has 0 aliphatic carbocycles. The number of carbonyl (C=O) groups is 7. The average Bonchev–Trinajstić information content (AvgIpc) is 2.64. The van der Waals surface area contributed by atoms with Crippen LogP contribution in [0.15, 0.2) is 18.2 Å². The van der Waals surface area contributed by atoms with Crippen LogP contribution in [0.4, 0.5) is 0 Å². The van der Waals surface area contributed by atoms with Gasteiger partial charge in [-0.15, -0.1) is 0 Å². The van der Waals surface area contributed by atoms with Crippen LogP contribution in [0.1, 0.15) is 44.4 Å². The van der Waals surface area contributed by atoms with Gasteiger partial charge < -0.3 is 35.7 Å². The third-order valence-electron chi connectivity index (χ3n) is 3.91. The van der Waals surface area contributed by atoms with Crippen LogP contribution in [0.3, 0.4) is 0 Å². The molecule has 0 radical (unpaired) electrons. The van der Waals surface area contributed by atoms with Crippen LogP contribution in [0.5, 0.6) is 0 Å². The summed E-state index contributed by atoms with van der Waals surface area (Å²) in [6.45, 7) is 1.20. The maximum Gasteiger partial charge on any atom is 0.335 e. The molecule has 0 aromatic heterocycles. The molecule has 0 saturated carbocycles. The Labute approximate surface area is 171 Å². The summed E-state index contributed by atoms with van der Waals surface area (Å²) < 4.78 is 0. The lowest BCUT2D eigenvalue weighted by Gasteiger charge is -2.25. The largest absolute Gasteiger partial charge is 0.481 e. The Morgan fingerprint density at radius 1 is 0.645 bits per heavy atom. The van der Waals surface area contributed by atoms with E-state index in [0.717, 1.165) is 18.2 Å². The first-order valence-electron chi connectivity index (χ1n) is 7.92. The number of rotatable bonds is 9. The quantitative estimate of drug-likeness (QED) is 0.249. The van der Waals surface area contributed by atoms with E-state index in [9.17, 15) is 33.6 Å². The van der Waals surface area contributed by atoms with Crippen LogP contribution in [0.2, 0.25) is 0 Å². The van der Waals surface area contributed by atoms with Gasteiger partial charge in [0.2, 0.25) is 0 Å². The zero-order valence-corrected chi connectivity index (χ0v) is 15.5. The van der Waals surface area contributed by atoms with Crippen molar-refractivity contribution in [2.75, 3.05) is 0 Å². The summed E-state index contributed by atoms with van der Waals surface area (Å²) in [7, 11) is 0. The minimum Gasteiger partial charge on any atom is -0.481 e. The van der Waals surface area contributed by atoms with Gasteiger partial charge in [0.25, 0.3) is 5.41 Å². The van der Waals surface area contributed by atoms with E-state index in [1.807, 2.05) is 0 Å². The second-order valence-electron chi connectivity index (χ2n) is 5.74. The van der Waals surface area contributed by atoms with Gasteiger partial charge >= 0.3 is 41.8 Å². The molecular formula is C17H16O14. The number of aromatic carboxylic acids is 3. The van der Waals surface area contributed by atoms with Crippen molar-refractivity contribution in [3.05, 3.63) is 34.9 Å². The lowest BCUT2D eigenvalue weighted by atomic mass is 9.74. The number of carboxylic acids is 7. The maximum absolute atomic E-state index is 10.8. The van der Waals surface area contributed by atoms with Crippen LogP contribution in [-0.2, 0) is 19.2 Å². The Bertz CT molecular complexity index is 829. The number of carboxylic acid groups (broad SMARTS) is 7. The fourth-order valence-corrected chi connectivity index (χ4v) is 2.39. The van der Waals surface area contributed by atoms with Gasteiger partial charge in [-0.2, -0.15) is 0 Å². The van der Waals surface area contributed by atoms with Gasteiger partial charge in [0.05, 0.1) is 22.6 Å². The molecule has 1 atom stereocenters. The minimum absolute atomic E-state index is 0.368. The van der Waals surface area contributed by atoms with Gasteiger partial charge in [0.1, 0.15) is 0 Å². The predicted molar refractivity (Wildman–Crippen MR) is 94.1 cm³/mol. The first kappa shape index (κ1) is 26.5. The molecule has 31 heavy (non-hydrogen) atoms. The smallest absolute Gasteiger partial charge is 0.335 e. The summed E-state index contributed by atoms with van der Waals surface area (Å²) in [5.74, 6) is -14.6. The second kappa shape index (κ2) is 10.3. The normalized spacial score (nSPS) is 11.3. The molecule has 0 aliphatic rings. The predicted octanol–water partition coefficient (Wildman–Crippen LogP) is 0.119. The molecule has 7 N–H and O–H groups in total. The van der Waals surface area contributed by atoms with Crippen molar-refractivity contribution in [3.8, 4) is 0 Å². The summed E-state index contributed by atoms with van der Waals surface area (Å²) in [6.07, 6.45) is -0.430. The zero-order valence-electron chi connectivity index (χ0n) is 15.5. The van der Waals surface area contributed by atoms with Crippen LogP contribution < -0.4 is 0 Å². The molecule has 0 bridgehead atoms. The van der Waals surface area contributed by atoms with E-state index < -0.39 is 59.5 Å². The Morgan fingerprint density at radius 3 is 1.00 bits per heavy atom. The van der Waals surface area contributed by atoms with E-state index in [-0.39, 0.29) is 16.7 Å². The van der Waals surface area contributed by atoms with Crippen molar-refractivity contribution in [2.24, 2.45) is 11.3 Å². The Hall–Kier alpha value is -4.49. The van der Waals surface area contributed by atoms with Crippen molar-refractivity contribution >= 4 is 41.8 Å². The summed E-state index contributed by atoms with van der Waals surface area (Å²) in [5.41, 5.74) is -4.47. The summed E-state index contributed by atoms with van der Waals surface area (Å²) in [4.78, 5) is 74.7. The highest BCUT2D eigenvalue weighted by Gasteiger charge is 2.62. The van der Waals surface area contributed by atoms with Crippen LogP contribution in [0.25, 0.3) is 0 Å². The monoisotopic (exact) mass is 444 g/mol. The van der Waals surface area contributed by atoms with E-state index in [1.54, 1.807) is 0 Å². The molecule has 14 nitrogen and oxygen atoms in total. The molecule has 0 aliphatic heterocycles. The number of hydrogen-bond donors (Lipinski definition) is 7. The number of hydrogen-bond acceptors (Lipinski definition) is 7. The van der Waals surface area contributed by atoms with Gasteiger partial charge in [0, 0.05) is 0 Å². The lowest BCUT2D eigenvalue weighted by molar-refractivity contribution is -0.185. The van der Waals surface area contributed by atoms with E-state index in [0.29, 0.717) is 0 Å². The fourth-order valence-electron chi connectivity index (χ4n) is 2.39. The van der Waals surface area contributed by atoms with E-state index in [1.165, 1.54) is 6.92 Å². The van der Waals surface area contributed by atoms with Crippen molar-refractivity contribution in [1.29, 1.82) is 0 Å². The molecule has 14 heteroatoms. The van der Waals surface area contributed by atoms with Gasteiger partial charge in [-0.05, 0) is 24.6 Å². The minimum atomic E-state index is -3.36. The lowest BCUT2D eigenvalue weighted by Crippen LogP contribution is -2.54. The Kier molecular flexibility index (Phi) is 8.84. The summed E-state index contributed by atoms with van der Waals surface area (Å²) >= 11 is 0. The highest BCUT2D eigenvalue weighted by molar-refractivity contribution is 6.18. The van der Waals surface area contributed by atoms with Gasteiger partial charge in [-0.1, -0.05) is 6.92 Å². The summed E-state index contributed by atoms with van der Waals surface area (Å²) in [5, 5.41) is 60.6. The molecule has 1 rings (SSSR count).